The van der Waals surface area contributed by atoms with Crippen molar-refractivity contribution in [3.05, 3.63) is 18.2 Å². The fraction of sp³-hybridized carbons (Fsp3) is 0.727. The molecule has 1 aromatic heterocycles. The monoisotopic (exact) mass is 195 g/mol. The molecule has 1 aromatic rings. The Labute approximate surface area is 86.3 Å². The summed E-state index contributed by atoms with van der Waals surface area (Å²) in [6.45, 7) is 8.37. The fourth-order valence-electron chi connectivity index (χ4n) is 1.70. The van der Waals surface area contributed by atoms with Crippen LogP contribution in [0.25, 0.3) is 0 Å². The Morgan fingerprint density at radius 3 is 2.79 bits per heavy atom. The van der Waals surface area contributed by atoms with Crippen molar-refractivity contribution in [3.63, 3.8) is 0 Å². The second-order valence-corrected chi connectivity index (χ2v) is 4.51. The summed E-state index contributed by atoms with van der Waals surface area (Å²) in [6.07, 6.45) is 5.96. The molecule has 0 atom stereocenters. The number of aryl methyl sites for hydroxylation is 1. The topological polar surface area (TPSA) is 43.8 Å². The average molecular weight is 195 g/mol. The van der Waals surface area contributed by atoms with E-state index in [0.717, 1.165) is 25.9 Å². The van der Waals surface area contributed by atoms with Gasteiger partial charge in [0, 0.05) is 25.4 Å². The highest BCUT2D eigenvalue weighted by Gasteiger charge is 2.19. The van der Waals surface area contributed by atoms with Gasteiger partial charge in [-0.25, -0.2) is 4.98 Å². The van der Waals surface area contributed by atoms with E-state index < -0.39 is 0 Å². The molecule has 0 radical (unpaired) electrons. The first-order chi connectivity index (χ1) is 6.59. The summed E-state index contributed by atoms with van der Waals surface area (Å²) in [6, 6.07) is 0. The van der Waals surface area contributed by atoms with Crippen molar-refractivity contribution in [3.8, 4) is 0 Å². The summed E-state index contributed by atoms with van der Waals surface area (Å²) >= 11 is 0. The van der Waals surface area contributed by atoms with Crippen LogP contribution in [0.1, 0.15) is 33.0 Å². The molecular formula is C11H21N3. The van der Waals surface area contributed by atoms with Crippen molar-refractivity contribution in [2.45, 2.75) is 40.2 Å². The Bertz CT molecular complexity index is 276. The SMILES string of the molecule is CCn1ccnc1CC(C)(C)CCN. The molecule has 0 aliphatic rings. The minimum absolute atomic E-state index is 0.257. The van der Waals surface area contributed by atoms with Crippen molar-refractivity contribution in [2.75, 3.05) is 6.54 Å². The Hall–Kier alpha value is -0.830. The Kier molecular flexibility index (Phi) is 3.69. The molecule has 0 aromatic carbocycles. The molecule has 1 heterocycles. The zero-order valence-corrected chi connectivity index (χ0v) is 9.45. The zero-order chi connectivity index (χ0) is 10.6. The van der Waals surface area contributed by atoms with Gasteiger partial charge < -0.3 is 10.3 Å². The molecule has 0 amide bonds. The van der Waals surface area contributed by atoms with Crippen molar-refractivity contribution in [2.24, 2.45) is 11.1 Å². The number of nitrogens with zero attached hydrogens (tertiary/aromatic N) is 2. The van der Waals surface area contributed by atoms with Crippen LogP contribution < -0.4 is 5.73 Å². The summed E-state index contributed by atoms with van der Waals surface area (Å²) in [7, 11) is 0. The zero-order valence-electron chi connectivity index (χ0n) is 9.45. The van der Waals surface area contributed by atoms with Crippen LogP contribution in [0.5, 0.6) is 0 Å². The minimum Gasteiger partial charge on any atom is -0.335 e. The van der Waals surface area contributed by atoms with Crippen LogP contribution in [0.15, 0.2) is 12.4 Å². The number of rotatable bonds is 5. The molecule has 14 heavy (non-hydrogen) atoms. The molecule has 3 nitrogen and oxygen atoms in total. The van der Waals surface area contributed by atoms with Crippen molar-refractivity contribution in [1.82, 2.24) is 9.55 Å². The number of nitrogens with two attached hydrogens (primary N) is 1. The first-order valence-electron chi connectivity index (χ1n) is 5.29. The van der Waals surface area contributed by atoms with Crippen molar-refractivity contribution >= 4 is 0 Å². The lowest BCUT2D eigenvalue weighted by molar-refractivity contribution is 0.326. The van der Waals surface area contributed by atoms with Crippen LogP contribution in [-0.4, -0.2) is 16.1 Å². The molecule has 0 bridgehead atoms. The van der Waals surface area contributed by atoms with E-state index in [-0.39, 0.29) is 5.41 Å². The predicted molar refractivity (Wildman–Crippen MR) is 59.1 cm³/mol. The average Bonchev–Trinajstić information content (AvgIpc) is 2.50. The lowest BCUT2D eigenvalue weighted by Crippen LogP contribution is -2.21. The van der Waals surface area contributed by atoms with Crippen LogP contribution in [0.2, 0.25) is 0 Å². The van der Waals surface area contributed by atoms with E-state index >= 15 is 0 Å². The van der Waals surface area contributed by atoms with Gasteiger partial charge in [0.05, 0.1) is 0 Å². The van der Waals surface area contributed by atoms with E-state index in [4.69, 9.17) is 5.73 Å². The number of hydrogen-bond donors (Lipinski definition) is 1. The molecule has 0 aliphatic heterocycles. The van der Waals surface area contributed by atoms with Gasteiger partial charge in [-0.15, -0.1) is 0 Å². The van der Waals surface area contributed by atoms with Gasteiger partial charge in [-0.2, -0.15) is 0 Å². The number of hydrogen-bond acceptors (Lipinski definition) is 2. The first-order valence-corrected chi connectivity index (χ1v) is 5.29. The van der Waals surface area contributed by atoms with Crippen LogP contribution in [0.3, 0.4) is 0 Å². The Morgan fingerprint density at radius 2 is 2.21 bits per heavy atom. The summed E-state index contributed by atoms with van der Waals surface area (Å²) in [4.78, 5) is 4.38. The Balaban J connectivity index is 2.67. The fourth-order valence-corrected chi connectivity index (χ4v) is 1.70. The first kappa shape index (κ1) is 11.2. The lowest BCUT2D eigenvalue weighted by atomic mass is 9.85. The molecule has 80 valence electrons. The van der Waals surface area contributed by atoms with E-state index in [1.807, 2.05) is 12.4 Å². The van der Waals surface area contributed by atoms with Crippen LogP contribution in [-0.2, 0) is 13.0 Å². The highest BCUT2D eigenvalue weighted by molar-refractivity contribution is 4.96. The van der Waals surface area contributed by atoms with Crippen LogP contribution in [0.4, 0.5) is 0 Å². The maximum absolute atomic E-state index is 5.59. The molecule has 0 saturated carbocycles. The number of aromatic nitrogens is 2. The van der Waals surface area contributed by atoms with E-state index in [9.17, 15) is 0 Å². The third-order valence-electron chi connectivity index (χ3n) is 2.60. The number of imidazole rings is 1. The quantitative estimate of drug-likeness (QED) is 0.779. The molecule has 2 N–H and O–H groups in total. The summed E-state index contributed by atoms with van der Waals surface area (Å²) in [5, 5.41) is 0. The maximum atomic E-state index is 5.59. The van der Waals surface area contributed by atoms with E-state index in [1.54, 1.807) is 0 Å². The van der Waals surface area contributed by atoms with Gasteiger partial charge in [0.1, 0.15) is 5.82 Å². The van der Waals surface area contributed by atoms with Gasteiger partial charge >= 0.3 is 0 Å². The van der Waals surface area contributed by atoms with Crippen molar-refractivity contribution in [1.29, 1.82) is 0 Å². The second-order valence-electron chi connectivity index (χ2n) is 4.51. The molecule has 0 fully saturated rings. The molecule has 0 aliphatic carbocycles. The molecule has 0 saturated heterocycles. The van der Waals surface area contributed by atoms with Gasteiger partial charge in [-0.05, 0) is 25.3 Å². The molecule has 3 heteroatoms. The highest BCUT2D eigenvalue weighted by atomic mass is 15.1. The second kappa shape index (κ2) is 4.60. The Morgan fingerprint density at radius 1 is 1.50 bits per heavy atom. The molecule has 1 rings (SSSR count). The normalized spacial score (nSPS) is 12.0. The smallest absolute Gasteiger partial charge is 0.109 e. The largest absolute Gasteiger partial charge is 0.335 e. The van der Waals surface area contributed by atoms with Gasteiger partial charge in [-0.1, -0.05) is 13.8 Å². The highest BCUT2D eigenvalue weighted by Crippen LogP contribution is 2.24. The van der Waals surface area contributed by atoms with Crippen molar-refractivity contribution < 1.29 is 0 Å². The maximum Gasteiger partial charge on any atom is 0.109 e. The summed E-state index contributed by atoms with van der Waals surface area (Å²) in [5.41, 5.74) is 5.84. The van der Waals surface area contributed by atoms with E-state index in [0.29, 0.717) is 0 Å². The van der Waals surface area contributed by atoms with Crippen LogP contribution >= 0.6 is 0 Å². The summed E-state index contributed by atoms with van der Waals surface area (Å²) < 4.78 is 2.19. The third-order valence-corrected chi connectivity index (χ3v) is 2.60. The van der Waals surface area contributed by atoms with Gasteiger partial charge in [-0.3, -0.25) is 0 Å². The standard InChI is InChI=1S/C11H21N3/c1-4-14-8-7-13-10(14)9-11(2,3)5-6-12/h7-8H,4-6,9,12H2,1-3H3. The third kappa shape index (κ3) is 2.84. The van der Waals surface area contributed by atoms with E-state index in [1.165, 1.54) is 5.82 Å². The lowest BCUT2D eigenvalue weighted by Gasteiger charge is -2.23. The van der Waals surface area contributed by atoms with Crippen LogP contribution in [0, 0.1) is 5.41 Å². The summed E-state index contributed by atoms with van der Waals surface area (Å²) in [5.74, 6) is 1.17. The predicted octanol–water partition coefficient (Wildman–Crippen LogP) is 1.82. The van der Waals surface area contributed by atoms with Gasteiger partial charge in [0.25, 0.3) is 0 Å². The van der Waals surface area contributed by atoms with E-state index in [2.05, 4.69) is 30.3 Å². The molecule has 0 unspecified atom stereocenters. The minimum atomic E-state index is 0.257. The molecule has 0 spiro atoms. The van der Waals surface area contributed by atoms with Gasteiger partial charge in [0.2, 0.25) is 0 Å². The van der Waals surface area contributed by atoms with Gasteiger partial charge in [0.15, 0.2) is 0 Å². The molecular weight excluding hydrogens is 174 g/mol.